The van der Waals surface area contributed by atoms with Crippen LogP contribution in [0.15, 0.2) is 65.7 Å². The lowest BCUT2D eigenvalue weighted by molar-refractivity contribution is -0.184. The van der Waals surface area contributed by atoms with Gasteiger partial charge in [0.1, 0.15) is 0 Å². The van der Waals surface area contributed by atoms with Crippen LogP contribution in [0.4, 0.5) is 0 Å². The molecule has 0 unspecified atom stereocenters. The van der Waals surface area contributed by atoms with Crippen LogP contribution in [0, 0.1) is 5.92 Å². The maximum Gasteiger partial charge on any atom is 0.268 e. The van der Waals surface area contributed by atoms with Crippen molar-refractivity contribution >= 4 is 20.9 Å². The quantitative estimate of drug-likeness (QED) is 0.570. The monoisotopic (exact) mass is 441 g/mol. The predicted molar refractivity (Wildman–Crippen MR) is 117 cm³/mol. The highest BCUT2D eigenvalue weighted by Crippen LogP contribution is 2.38. The molecule has 1 aliphatic heterocycles. The molecule has 1 aromatic heterocycles. The van der Waals surface area contributed by atoms with Crippen molar-refractivity contribution in [1.29, 1.82) is 0 Å². The number of rotatable bonds is 6. The molecule has 2 aromatic carbocycles. The van der Waals surface area contributed by atoms with Crippen molar-refractivity contribution in [2.75, 3.05) is 19.8 Å². The summed E-state index contributed by atoms with van der Waals surface area (Å²) in [6.07, 6.45) is 5.55. The molecular weight excluding hydrogens is 414 g/mol. The number of benzene rings is 2. The topological polar surface area (TPSA) is 66.8 Å². The Morgan fingerprint density at radius 1 is 0.968 bits per heavy atom. The maximum atomic E-state index is 13.1. The Kier molecular flexibility index (Phi) is 5.60. The molecular formula is C24H27NO5S. The van der Waals surface area contributed by atoms with Crippen molar-refractivity contribution < 1.29 is 22.6 Å². The summed E-state index contributed by atoms with van der Waals surface area (Å²) in [5.74, 6) is 0.163. The molecule has 2 aliphatic rings. The van der Waals surface area contributed by atoms with E-state index in [2.05, 4.69) is 0 Å². The molecule has 7 heteroatoms. The zero-order chi connectivity index (χ0) is 21.3. The first-order chi connectivity index (χ1) is 15.1. The van der Waals surface area contributed by atoms with E-state index < -0.39 is 10.0 Å². The summed E-state index contributed by atoms with van der Waals surface area (Å²) in [5, 5.41) is 0.900. The third-order valence-electron chi connectivity index (χ3n) is 6.38. The zero-order valence-electron chi connectivity index (χ0n) is 17.4. The van der Waals surface area contributed by atoms with Gasteiger partial charge in [-0.3, -0.25) is 0 Å². The summed E-state index contributed by atoms with van der Waals surface area (Å²) in [4.78, 5) is 0.277. The highest BCUT2D eigenvalue weighted by Gasteiger charge is 2.40. The van der Waals surface area contributed by atoms with E-state index in [1.165, 1.54) is 3.97 Å². The fourth-order valence-electron chi connectivity index (χ4n) is 4.65. The first-order valence-corrected chi connectivity index (χ1v) is 12.3. The van der Waals surface area contributed by atoms with Crippen LogP contribution in [0.1, 0.15) is 31.2 Å². The predicted octanol–water partition coefficient (Wildman–Crippen LogP) is 4.33. The molecule has 5 rings (SSSR count). The Morgan fingerprint density at radius 2 is 1.71 bits per heavy atom. The summed E-state index contributed by atoms with van der Waals surface area (Å²) in [5.41, 5.74) is 1.66. The molecule has 1 spiro atoms. The van der Waals surface area contributed by atoms with E-state index in [1.54, 1.807) is 30.5 Å². The van der Waals surface area contributed by atoms with E-state index >= 15 is 0 Å². The average Bonchev–Trinajstić information content (AvgIpc) is 3.44. The third-order valence-corrected chi connectivity index (χ3v) is 8.08. The van der Waals surface area contributed by atoms with Gasteiger partial charge in [-0.05, 0) is 48.6 Å². The normalized spacial score (nSPS) is 19.4. The molecule has 31 heavy (non-hydrogen) atoms. The Balaban J connectivity index is 1.26. The number of fused-ring (bicyclic) bond motifs is 1. The molecule has 1 saturated heterocycles. The van der Waals surface area contributed by atoms with E-state index in [9.17, 15) is 8.42 Å². The van der Waals surface area contributed by atoms with Crippen molar-refractivity contribution in [3.8, 4) is 0 Å². The van der Waals surface area contributed by atoms with Gasteiger partial charge in [0.2, 0.25) is 0 Å². The Morgan fingerprint density at radius 3 is 2.45 bits per heavy atom. The summed E-state index contributed by atoms with van der Waals surface area (Å²) in [7, 11) is -3.64. The SMILES string of the molecule is O=S(=O)(c1ccccc1)n1ccc2c(COCC3CCC4(CC3)OCCO4)cccc21. The van der Waals surface area contributed by atoms with Gasteiger partial charge in [-0.2, -0.15) is 0 Å². The van der Waals surface area contributed by atoms with E-state index in [-0.39, 0.29) is 10.7 Å². The van der Waals surface area contributed by atoms with Gasteiger partial charge < -0.3 is 14.2 Å². The second-order valence-corrected chi connectivity index (χ2v) is 10.2. The largest absolute Gasteiger partial charge is 0.376 e. The summed E-state index contributed by atoms with van der Waals surface area (Å²) in [6, 6.07) is 16.1. The minimum absolute atomic E-state index is 0.277. The van der Waals surface area contributed by atoms with Crippen LogP contribution >= 0.6 is 0 Å². The molecule has 2 fully saturated rings. The number of aromatic nitrogens is 1. The van der Waals surface area contributed by atoms with Crippen LogP contribution in [0.5, 0.6) is 0 Å². The fraction of sp³-hybridized carbons (Fsp3) is 0.417. The smallest absolute Gasteiger partial charge is 0.268 e. The Labute approximate surface area is 182 Å². The lowest BCUT2D eigenvalue weighted by Gasteiger charge is -2.35. The molecule has 6 nitrogen and oxygen atoms in total. The van der Waals surface area contributed by atoms with Crippen LogP contribution in [-0.4, -0.2) is 38.0 Å². The van der Waals surface area contributed by atoms with Crippen LogP contribution < -0.4 is 0 Å². The molecule has 0 N–H and O–H groups in total. The van der Waals surface area contributed by atoms with Crippen LogP contribution in [0.2, 0.25) is 0 Å². The second-order valence-electron chi connectivity index (χ2n) is 8.35. The van der Waals surface area contributed by atoms with E-state index in [1.807, 2.05) is 30.3 Å². The molecule has 0 amide bonds. The fourth-order valence-corrected chi connectivity index (χ4v) is 6.02. The van der Waals surface area contributed by atoms with Gasteiger partial charge in [-0.1, -0.05) is 30.3 Å². The standard InChI is InChI=1S/C24H27NO5S/c26-31(27,21-6-2-1-3-7-21)25-14-11-22-20(5-4-8-23(22)25)18-28-17-19-9-12-24(13-10-19)29-15-16-30-24/h1-8,11,14,19H,9-10,12-13,15-18H2. The first-order valence-electron chi connectivity index (χ1n) is 10.8. The Bertz CT molecular complexity index is 1140. The third kappa shape index (κ3) is 4.03. The van der Waals surface area contributed by atoms with Gasteiger partial charge in [0.25, 0.3) is 10.0 Å². The average molecular weight is 442 g/mol. The minimum atomic E-state index is -3.64. The highest BCUT2D eigenvalue weighted by molar-refractivity contribution is 7.90. The highest BCUT2D eigenvalue weighted by atomic mass is 32.2. The summed E-state index contributed by atoms with van der Waals surface area (Å²) >= 11 is 0. The van der Waals surface area contributed by atoms with E-state index in [0.717, 1.165) is 36.6 Å². The number of hydrogen-bond acceptors (Lipinski definition) is 5. The molecule has 0 radical (unpaired) electrons. The molecule has 0 bridgehead atoms. The van der Waals surface area contributed by atoms with Gasteiger partial charge >= 0.3 is 0 Å². The Hall–Kier alpha value is -2.19. The molecule has 1 saturated carbocycles. The minimum Gasteiger partial charge on any atom is -0.376 e. The van der Waals surface area contributed by atoms with Crippen LogP contribution in [0.25, 0.3) is 10.9 Å². The maximum absolute atomic E-state index is 13.1. The number of ether oxygens (including phenoxy) is 3. The van der Waals surface area contributed by atoms with Gasteiger partial charge in [-0.25, -0.2) is 12.4 Å². The molecule has 1 aliphatic carbocycles. The van der Waals surface area contributed by atoms with Crippen LogP contribution in [0.3, 0.4) is 0 Å². The van der Waals surface area contributed by atoms with Crippen molar-refractivity contribution in [2.24, 2.45) is 5.92 Å². The van der Waals surface area contributed by atoms with Gasteiger partial charge in [0.15, 0.2) is 5.79 Å². The zero-order valence-corrected chi connectivity index (χ0v) is 18.2. The summed E-state index contributed by atoms with van der Waals surface area (Å²) in [6.45, 7) is 2.55. The van der Waals surface area contributed by atoms with E-state index in [0.29, 0.717) is 37.9 Å². The van der Waals surface area contributed by atoms with Crippen molar-refractivity contribution in [3.05, 3.63) is 66.4 Å². The lowest BCUT2D eigenvalue weighted by atomic mass is 9.85. The number of hydrogen-bond donors (Lipinski definition) is 0. The summed E-state index contributed by atoms with van der Waals surface area (Å²) < 4.78 is 45.1. The second kappa shape index (κ2) is 8.39. The molecule has 2 heterocycles. The van der Waals surface area contributed by atoms with Crippen molar-refractivity contribution in [3.63, 3.8) is 0 Å². The molecule has 164 valence electrons. The van der Waals surface area contributed by atoms with Crippen molar-refractivity contribution in [2.45, 2.75) is 43.0 Å². The van der Waals surface area contributed by atoms with Gasteiger partial charge in [0.05, 0.1) is 30.2 Å². The first kappa shape index (κ1) is 20.7. The molecule has 3 aromatic rings. The van der Waals surface area contributed by atoms with Gasteiger partial charge in [0, 0.05) is 31.0 Å². The van der Waals surface area contributed by atoms with Gasteiger partial charge in [-0.15, -0.1) is 0 Å². The lowest BCUT2D eigenvalue weighted by Crippen LogP contribution is -2.36. The molecule has 0 atom stereocenters. The van der Waals surface area contributed by atoms with E-state index in [4.69, 9.17) is 14.2 Å². The van der Waals surface area contributed by atoms with Crippen LogP contribution in [-0.2, 0) is 30.8 Å². The number of nitrogens with zero attached hydrogens (tertiary/aromatic N) is 1. The van der Waals surface area contributed by atoms with Crippen molar-refractivity contribution in [1.82, 2.24) is 3.97 Å².